The van der Waals surface area contributed by atoms with E-state index in [9.17, 15) is 14.4 Å². The van der Waals surface area contributed by atoms with Crippen molar-refractivity contribution in [2.45, 2.75) is 0 Å². The van der Waals surface area contributed by atoms with Gasteiger partial charge in [-0.15, -0.1) is 0 Å². The molecule has 0 saturated heterocycles. The van der Waals surface area contributed by atoms with Crippen molar-refractivity contribution in [1.82, 2.24) is 4.98 Å². The SMILES string of the molecule is O=Cc1ccc(N2C(=O)c3cccnc3C2=O)cc1. The Morgan fingerprint density at radius 2 is 1.74 bits per heavy atom. The summed E-state index contributed by atoms with van der Waals surface area (Å²) in [6.45, 7) is 0. The summed E-state index contributed by atoms with van der Waals surface area (Å²) in [5.74, 6) is -0.841. The van der Waals surface area contributed by atoms with Crippen molar-refractivity contribution in [2.24, 2.45) is 0 Å². The first kappa shape index (κ1) is 11.3. The number of aldehydes is 1. The molecule has 0 aliphatic carbocycles. The minimum Gasteiger partial charge on any atom is -0.298 e. The predicted molar refractivity (Wildman–Crippen MR) is 67.2 cm³/mol. The van der Waals surface area contributed by atoms with Gasteiger partial charge in [-0.05, 0) is 36.4 Å². The molecule has 0 N–H and O–H groups in total. The van der Waals surface area contributed by atoms with Gasteiger partial charge >= 0.3 is 0 Å². The minimum absolute atomic E-state index is 0.159. The second-order valence-corrected chi connectivity index (χ2v) is 4.05. The third-order valence-corrected chi connectivity index (χ3v) is 2.93. The van der Waals surface area contributed by atoms with Gasteiger partial charge in [-0.3, -0.25) is 19.4 Å². The summed E-state index contributed by atoms with van der Waals surface area (Å²) in [7, 11) is 0. The highest BCUT2D eigenvalue weighted by atomic mass is 16.2. The van der Waals surface area contributed by atoms with Crippen LogP contribution in [0.4, 0.5) is 5.69 Å². The standard InChI is InChI=1S/C14H8N2O3/c17-8-9-3-5-10(6-4-9)16-13(18)11-2-1-7-15-12(11)14(16)19/h1-8H. The quantitative estimate of drug-likeness (QED) is 0.602. The van der Waals surface area contributed by atoms with Crippen LogP contribution in [0.2, 0.25) is 0 Å². The number of hydrogen-bond acceptors (Lipinski definition) is 4. The van der Waals surface area contributed by atoms with Crippen molar-refractivity contribution in [1.29, 1.82) is 0 Å². The largest absolute Gasteiger partial charge is 0.298 e. The second kappa shape index (κ2) is 4.13. The first-order chi connectivity index (χ1) is 9.22. The van der Waals surface area contributed by atoms with E-state index in [1.807, 2.05) is 0 Å². The van der Waals surface area contributed by atoms with Crippen molar-refractivity contribution in [3.63, 3.8) is 0 Å². The van der Waals surface area contributed by atoms with Gasteiger partial charge in [-0.1, -0.05) is 0 Å². The lowest BCUT2D eigenvalue weighted by molar-refractivity contribution is 0.0924. The average Bonchev–Trinajstić information content (AvgIpc) is 2.72. The van der Waals surface area contributed by atoms with E-state index in [4.69, 9.17) is 0 Å². The van der Waals surface area contributed by atoms with E-state index in [0.29, 0.717) is 23.1 Å². The average molecular weight is 252 g/mol. The smallest absolute Gasteiger partial charge is 0.284 e. The summed E-state index contributed by atoms with van der Waals surface area (Å²) < 4.78 is 0. The van der Waals surface area contributed by atoms with E-state index in [1.54, 1.807) is 36.4 Å². The molecular formula is C14H8N2O3. The van der Waals surface area contributed by atoms with E-state index >= 15 is 0 Å². The van der Waals surface area contributed by atoms with Crippen LogP contribution in [0.1, 0.15) is 31.2 Å². The highest BCUT2D eigenvalue weighted by molar-refractivity contribution is 6.33. The van der Waals surface area contributed by atoms with Crippen LogP contribution in [0.25, 0.3) is 0 Å². The highest BCUT2D eigenvalue weighted by Crippen LogP contribution is 2.26. The molecule has 2 aromatic rings. The monoisotopic (exact) mass is 252 g/mol. The number of rotatable bonds is 2. The van der Waals surface area contributed by atoms with Crippen LogP contribution >= 0.6 is 0 Å². The zero-order valence-electron chi connectivity index (χ0n) is 9.74. The predicted octanol–water partition coefficient (Wildman–Crippen LogP) is 1.69. The summed E-state index contributed by atoms with van der Waals surface area (Å²) >= 11 is 0. The van der Waals surface area contributed by atoms with Gasteiger partial charge in [-0.25, -0.2) is 4.90 Å². The Hall–Kier alpha value is -2.82. The number of fused-ring (bicyclic) bond motifs is 1. The number of hydrogen-bond donors (Lipinski definition) is 0. The number of carbonyl (C=O) groups excluding carboxylic acids is 3. The van der Waals surface area contributed by atoms with Gasteiger partial charge in [0, 0.05) is 11.8 Å². The number of aromatic nitrogens is 1. The molecule has 2 heterocycles. The highest BCUT2D eigenvalue weighted by Gasteiger charge is 2.37. The summed E-state index contributed by atoms with van der Waals surface area (Å²) in [5, 5.41) is 0. The molecule has 2 amide bonds. The lowest BCUT2D eigenvalue weighted by atomic mass is 10.2. The maximum absolute atomic E-state index is 12.2. The van der Waals surface area contributed by atoms with Crippen molar-refractivity contribution < 1.29 is 14.4 Å². The third-order valence-electron chi connectivity index (χ3n) is 2.93. The number of carbonyl (C=O) groups is 3. The topological polar surface area (TPSA) is 67.3 Å². The van der Waals surface area contributed by atoms with E-state index < -0.39 is 11.8 Å². The van der Waals surface area contributed by atoms with E-state index in [-0.39, 0.29) is 5.69 Å². The van der Waals surface area contributed by atoms with E-state index in [1.165, 1.54) is 6.20 Å². The molecule has 0 fully saturated rings. The Bertz CT molecular complexity index is 657. The number of imide groups is 1. The van der Waals surface area contributed by atoms with E-state index in [0.717, 1.165) is 4.90 Å². The van der Waals surface area contributed by atoms with Gasteiger partial charge in [0.15, 0.2) is 0 Å². The summed E-state index contributed by atoms with van der Waals surface area (Å²) in [4.78, 5) is 39.9. The molecular weight excluding hydrogens is 244 g/mol. The molecule has 5 heteroatoms. The lowest BCUT2D eigenvalue weighted by Gasteiger charge is -2.13. The van der Waals surface area contributed by atoms with Crippen LogP contribution in [-0.4, -0.2) is 23.1 Å². The minimum atomic E-state index is -0.445. The Morgan fingerprint density at radius 3 is 2.37 bits per heavy atom. The van der Waals surface area contributed by atoms with Crippen molar-refractivity contribution >= 4 is 23.8 Å². The second-order valence-electron chi connectivity index (χ2n) is 4.05. The molecule has 0 spiro atoms. The van der Waals surface area contributed by atoms with Crippen LogP contribution < -0.4 is 4.90 Å². The molecule has 0 atom stereocenters. The number of amides is 2. The lowest BCUT2D eigenvalue weighted by Crippen LogP contribution is -2.29. The van der Waals surface area contributed by atoms with Crippen LogP contribution in [-0.2, 0) is 0 Å². The number of anilines is 1. The van der Waals surface area contributed by atoms with Gasteiger partial charge in [0.2, 0.25) is 0 Å². The Morgan fingerprint density at radius 1 is 1.00 bits per heavy atom. The molecule has 0 bridgehead atoms. The Kier molecular flexibility index (Phi) is 2.45. The van der Waals surface area contributed by atoms with Crippen molar-refractivity contribution in [2.75, 3.05) is 4.90 Å². The summed E-state index contributed by atoms with van der Waals surface area (Å²) in [5.41, 5.74) is 1.37. The fraction of sp³-hybridized carbons (Fsp3) is 0. The molecule has 1 aromatic carbocycles. The van der Waals surface area contributed by atoms with Gasteiger partial charge in [-0.2, -0.15) is 0 Å². The maximum Gasteiger partial charge on any atom is 0.284 e. The summed E-state index contributed by atoms with van der Waals surface area (Å²) in [6, 6.07) is 9.42. The van der Waals surface area contributed by atoms with Crippen LogP contribution in [0.3, 0.4) is 0 Å². The first-order valence-corrected chi connectivity index (χ1v) is 5.61. The maximum atomic E-state index is 12.2. The van der Waals surface area contributed by atoms with Gasteiger partial charge in [0.25, 0.3) is 11.8 Å². The molecule has 0 radical (unpaired) electrons. The fourth-order valence-electron chi connectivity index (χ4n) is 2.00. The molecule has 19 heavy (non-hydrogen) atoms. The molecule has 1 aromatic heterocycles. The van der Waals surface area contributed by atoms with E-state index in [2.05, 4.69) is 4.98 Å². The summed E-state index contributed by atoms with van der Waals surface area (Å²) in [6.07, 6.45) is 2.18. The normalized spacial score (nSPS) is 13.6. The van der Waals surface area contributed by atoms with Crippen molar-refractivity contribution in [3.8, 4) is 0 Å². The molecule has 0 saturated carbocycles. The third kappa shape index (κ3) is 1.63. The van der Waals surface area contributed by atoms with Crippen LogP contribution in [0, 0.1) is 0 Å². The van der Waals surface area contributed by atoms with Gasteiger partial charge in [0.05, 0.1) is 11.3 Å². The van der Waals surface area contributed by atoms with Gasteiger partial charge in [0.1, 0.15) is 12.0 Å². The molecule has 92 valence electrons. The Balaban J connectivity index is 2.06. The molecule has 0 unspecified atom stereocenters. The number of benzene rings is 1. The molecule has 1 aliphatic heterocycles. The molecule has 1 aliphatic rings. The molecule has 5 nitrogen and oxygen atoms in total. The first-order valence-electron chi connectivity index (χ1n) is 5.61. The Labute approximate surface area is 108 Å². The fourth-order valence-corrected chi connectivity index (χ4v) is 2.00. The number of nitrogens with zero attached hydrogens (tertiary/aromatic N) is 2. The zero-order valence-corrected chi connectivity index (χ0v) is 9.74. The van der Waals surface area contributed by atoms with Crippen LogP contribution in [0.15, 0.2) is 42.6 Å². The van der Waals surface area contributed by atoms with Gasteiger partial charge < -0.3 is 0 Å². The van der Waals surface area contributed by atoms with Crippen molar-refractivity contribution in [3.05, 3.63) is 59.4 Å². The van der Waals surface area contributed by atoms with Crippen LogP contribution in [0.5, 0.6) is 0 Å². The number of pyridine rings is 1. The zero-order chi connectivity index (χ0) is 13.4. The molecule has 3 rings (SSSR count).